The fourth-order valence-electron chi connectivity index (χ4n) is 11.7. The van der Waals surface area contributed by atoms with Crippen molar-refractivity contribution in [3.05, 3.63) is 0 Å². The summed E-state index contributed by atoms with van der Waals surface area (Å²) in [5, 5.41) is 31.4. The second-order valence-electron chi connectivity index (χ2n) is 17.3. The van der Waals surface area contributed by atoms with E-state index in [1.54, 1.807) is 7.11 Å². The minimum absolute atomic E-state index is 0.0584. The van der Waals surface area contributed by atoms with Gasteiger partial charge < -0.3 is 25.4 Å². The summed E-state index contributed by atoms with van der Waals surface area (Å²) in [4.78, 5) is 17.2. The first kappa shape index (κ1) is 34.0. The molecule has 2 amide bonds. The van der Waals surface area contributed by atoms with Gasteiger partial charge in [0.2, 0.25) is 0 Å². The second-order valence-corrected chi connectivity index (χ2v) is 17.3. The van der Waals surface area contributed by atoms with Gasteiger partial charge in [-0.2, -0.15) is 10.1 Å². The van der Waals surface area contributed by atoms with Crippen LogP contribution in [0.3, 0.4) is 0 Å². The number of hydrogen-bond acceptors (Lipinski definition) is 6. The Kier molecular flexibility index (Phi) is 10.2. The summed E-state index contributed by atoms with van der Waals surface area (Å²) in [6.07, 6.45) is 26.6. The molecule has 6 fully saturated rings. The van der Waals surface area contributed by atoms with Crippen LogP contribution >= 0.6 is 0 Å². The summed E-state index contributed by atoms with van der Waals surface area (Å²) in [5.41, 5.74) is -1.31. The molecule has 8 nitrogen and oxygen atoms in total. The summed E-state index contributed by atoms with van der Waals surface area (Å²) < 4.78 is 5.60. The highest BCUT2D eigenvalue weighted by Crippen LogP contribution is 2.53. The summed E-state index contributed by atoms with van der Waals surface area (Å²) in [5.74, 6) is 0. The first-order valence-electron chi connectivity index (χ1n) is 19.2. The van der Waals surface area contributed by atoms with E-state index >= 15 is 0 Å². The molecule has 4 spiro atoms. The average molecular weight is 631 g/mol. The molecule has 2 aliphatic heterocycles. The fraction of sp³-hybridized carbons (Fsp3) is 0.973. The third-order valence-corrected chi connectivity index (χ3v) is 13.9. The average Bonchev–Trinajstić information content (AvgIpc) is 3.03. The van der Waals surface area contributed by atoms with Crippen LogP contribution in [0.25, 0.3) is 0 Å². The number of hydroxylamine groups is 4. The van der Waals surface area contributed by atoms with E-state index in [1.807, 2.05) is 10.1 Å². The normalized spacial score (nSPS) is 31.8. The summed E-state index contributed by atoms with van der Waals surface area (Å²) in [6.45, 7) is 5.08. The molecule has 258 valence electrons. The Bertz CT molecular complexity index is 938. The van der Waals surface area contributed by atoms with Crippen LogP contribution in [0.2, 0.25) is 0 Å². The maximum atomic E-state index is 15.0. The van der Waals surface area contributed by atoms with E-state index in [0.717, 1.165) is 135 Å². The Labute approximate surface area is 273 Å². The molecule has 0 aromatic rings. The molecule has 45 heavy (non-hydrogen) atoms. The van der Waals surface area contributed by atoms with E-state index < -0.39 is 5.54 Å². The number of carbonyl (C=O) groups is 1. The maximum Gasteiger partial charge on any atom is 0.318 e. The molecule has 2 heterocycles. The van der Waals surface area contributed by atoms with Crippen LogP contribution in [-0.2, 0) is 4.74 Å². The number of hydrogen-bond donors (Lipinski definition) is 3. The van der Waals surface area contributed by atoms with Crippen LogP contribution in [-0.4, -0.2) is 85.0 Å². The van der Waals surface area contributed by atoms with Crippen molar-refractivity contribution in [3.8, 4) is 0 Å². The lowest BCUT2D eigenvalue weighted by molar-refractivity contribution is -0.287. The van der Waals surface area contributed by atoms with Crippen molar-refractivity contribution in [2.45, 2.75) is 214 Å². The van der Waals surface area contributed by atoms with Crippen LogP contribution in [0.1, 0.15) is 174 Å². The lowest BCUT2D eigenvalue weighted by atomic mass is 9.64. The zero-order chi connectivity index (χ0) is 31.8. The highest BCUT2D eigenvalue weighted by molar-refractivity contribution is 5.76. The van der Waals surface area contributed by atoms with Gasteiger partial charge in [-0.3, -0.25) is 0 Å². The van der Waals surface area contributed by atoms with Crippen LogP contribution in [0.4, 0.5) is 4.79 Å². The van der Waals surface area contributed by atoms with Crippen molar-refractivity contribution in [2.75, 3.05) is 13.7 Å². The Morgan fingerprint density at radius 1 is 0.689 bits per heavy atom. The second kappa shape index (κ2) is 13.5. The zero-order valence-electron chi connectivity index (χ0n) is 29.1. The molecule has 0 atom stereocenters. The van der Waals surface area contributed by atoms with Gasteiger partial charge >= 0.3 is 6.03 Å². The molecule has 4 aliphatic carbocycles. The minimum atomic E-state index is -0.392. The zero-order valence-corrected chi connectivity index (χ0v) is 29.1. The minimum Gasteiger partial charge on any atom is -0.385 e. The topological polar surface area (TPSA) is 88.5 Å². The summed E-state index contributed by atoms with van der Waals surface area (Å²) in [6, 6.07) is 0.197. The summed E-state index contributed by atoms with van der Waals surface area (Å²) in [7, 11) is 1.76. The number of rotatable bonds is 6. The van der Waals surface area contributed by atoms with Gasteiger partial charge in [0, 0.05) is 53.5 Å². The van der Waals surface area contributed by atoms with Gasteiger partial charge in [0.1, 0.15) is 0 Å². The smallest absolute Gasteiger partial charge is 0.318 e. The third-order valence-electron chi connectivity index (χ3n) is 13.9. The van der Waals surface area contributed by atoms with Crippen molar-refractivity contribution >= 4 is 6.03 Å². The lowest BCUT2D eigenvalue weighted by Crippen LogP contribution is -2.72. The van der Waals surface area contributed by atoms with Gasteiger partial charge in [-0.1, -0.05) is 77.0 Å². The molecule has 0 unspecified atom stereocenters. The van der Waals surface area contributed by atoms with E-state index in [0.29, 0.717) is 6.61 Å². The molecule has 0 aromatic heterocycles. The number of nitrogens with one attached hydrogen (secondary N) is 1. The number of piperidine rings is 2. The van der Waals surface area contributed by atoms with Gasteiger partial charge in [0.05, 0.1) is 0 Å². The van der Waals surface area contributed by atoms with Crippen LogP contribution in [0.5, 0.6) is 0 Å². The van der Waals surface area contributed by atoms with Gasteiger partial charge in [0.25, 0.3) is 0 Å². The predicted molar refractivity (Wildman–Crippen MR) is 178 cm³/mol. The van der Waals surface area contributed by atoms with E-state index in [1.165, 1.54) is 25.7 Å². The molecule has 8 heteroatoms. The number of methoxy groups -OCH3 is 1. The molecular weight excluding hydrogens is 564 g/mol. The summed E-state index contributed by atoms with van der Waals surface area (Å²) >= 11 is 0. The van der Waals surface area contributed by atoms with Crippen LogP contribution < -0.4 is 5.32 Å². The molecule has 2 saturated heterocycles. The highest BCUT2D eigenvalue weighted by atomic mass is 16.5. The molecule has 6 rings (SSSR count). The number of ether oxygens (including phenoxy) is 1. The Morgan fingerprint density at radius 3 is 1.40 bits per heavy atom. The van der Waals surface area contributed by atoms with Gasteiger partial charge in [-0.15, -0.1) is 0 Å². The van der Waals surface area contributed by atoms with E-state index in [4.69, 9.17) is 4.74 Å². The van der Waals surface area contributed by atoms with Crippen molar-refractivity contribution in [1.82, 2.24) is 20.3 Å². The predicted octanol–water partition coefficient (Wildman–Crippen LogP) is 8.33. The number of amides is 2. The molecule has 6 aliphatic rings. The molecule has 3 N–H and O–H groups in total. The third kappa shape index (κ3) is 6.46. The molecule has 0 bridgehead atoms. The van der Waals surface area contributed by atoms with Crippen molar-refractivity contribution in [1.29, 1.82) is 0 Å². The van der Waals surface area contributed by atoms with Gasteiger partial charge in [-0.25, -0.2) is 4.79 Å². The monoisotopic (exact) mass is 631 g/mol. The molecular formula is C37H66N4O4. The fourth-order valence-corrected chi connectivity index (χ4v) is 11.7. The Morgan fingerprint density at radius 2 is 1.04 bits per heavy atom. The lowest BCUT2D eigenvalue weighted by Gasteiger charge is -2.62. The molecule has 0 radical (unpaired) electrons. The number of urea groups is 1. The van der Waals surface area contributed by atoms with E-state index in [-0.39, 0.29) is 40.3 Å². The Balaban J connectivity index is 1.31. The first-order chi connectivity index (χ1) is 21.6. The largest absolute Gasteiger partial charge is 0.385 e. The van der Waals surface area contributed by atoms with Crippen molar-refractivity contribution in [2.24, 2.45) is 0 Å². The maximum absolute atomic E-state index is 15.0. The first-order valence-corrected chi connectivity index (χ1v) is 19.2. The van der Waals surface area contributed by atoms with E-state index in [9.17, 15) is 15.2 Å². The SMILES string of the molecule is COCCC(C)(C)N(C(=O)NC1CC2(CCCCC2)N(O)C2(CCCCC2)C1)C1CC2(CCCCC2)N(O)C2(CCCCC2)C1. The molecule has 4 saturated carbocycles. The van der Waals surface area contributed by atoms with Crippen molar-refractivity contribution in [3.63, 3.8) is 0 Å². The highest BCUT2D eigenvalue weighted by Gasteiger charge is 2.58. The van der Waals surface area contributed by atoms with Gasteiger partial charge in [0.15, 0.2) is 0 Å². The number of nitrogens with zero attached hydrogens (tertiary/aromatic N) is 3. The van der Waals surface area contributed by atoms with Crippen LogP contribution in [0, 0.1) is 0 Å². The quantitative estimate of drug-likeness (QED) is 0.274. The Hall–Kier alpha value is -0.930. The van der Waals surface area contributed by atoms with Crippen molar-refractivity contribution < 1.29 is 19.9 Å². The van der Waals surface area contributed by atoms with E-state index in [2.05, 4.69) is 24.1 Å². The van der Waals surface area contributed by atoms with Gasteiger partial charge in [-0.05, 0) is 97.3 Å². The molecule has 0 aromatic carbocycles. The van der Waals surface area contributed by atoms with Crippen LogP contribution in [0.15, 0.2) is 0 Å². The standard InChI is InChI=1S/C37H66N4O4/c1-33(2,24-25-45-3)39(31-28-36(20-12-6-13-21-36)41(44)37(29-31)22-14-7-15-23-37)32(42)38-30-26-34(16-8-4-9-17-34)40(43)35(27-30)18-10-5-11-19-35/h30-31,43-44H,4-29H2,1-3H3,(H,38,42). The number of carbonyl (C=O) groups excluding carboxylic acids is 1.